The lowest BCUT2D eigenvalue weighted by Gasteiger charge is -2.40. The third-order valence-electron chi connectivity index (χ3n) is 4.47. The van der Waals surface area contributed by atoms with Crippen LogP contribution in [-0.2, 0) is 17.7 Å². The highest BCUT2D eigenvalue weighted by Crippen LogP contribution is 2.42. The van der Waals surface area contributed by atoms with Crippen LogP contribution in [0.1, 0.15) is 40.5 Å². The molecule has 0 aliphatic rings. The maximum absolute atomic E-state index is 5.88. The molecule has 0 saturated heterocycles. The van der Waals surface area contributed by atoms with Crippen molar-refractivity contribution in [2.24, 2.45) is 0 Å². The van der Waals surface area contributed by atoms with Gasteiger partial charge in [-0.1, -0.05) is 39.8 Å². The summed E-state index contributed by atoms with van der Waals surface area (Å²) in [6.07, 6.45) is 6.20. The summed E-state index contributed by atoms with van der Waals surface area (Å²) in [6, 6.07) is 0. The quantitative estimate of drug-likeness (QED) is 0.524. The lowest BCUT2D eigenvalue weighted by Crippen LogP contribution is -2.52. The van der Waals surface area contributed by atoms with Crippen molar-refractivity contribution < 1.29 is 17.7 Å². The number of hydrogen-bond donors (Lipinski definition) is 0. The molecular formula is C16H34O4Si2. The number of hydrogen-bond acceptors (Lipinski definition) is 4. The molecule has 2 atom stereocenters. The molecule has 0 bridgehead atoms. The molecule has 0 radical (unpaired) electrons. The summed E-state index contributed by atoms with van der Waals surface area (Å²) < 4.78 is 23.5. The molecule has 0 aromatic heterocycles. The molecule has 0 rings (SSSR count). The van der Waals surface area contributed by atoms with E-state index in [2.05, 4.69) is 51.2 Å². The van der Waals surface area contributed by atoms with Gasteiger partial charge in [0.05, 0.1) is 0 Å². The molecule has 0 aromatic rings. The molecule has 0 amide bonds. The van der Waals surface area contributed by atoms with Crippen LogP contribution in [0.25, 0.3) is 0 Å². The molecular weight excluding hydrogens is 312 g/mol. The molecule has 130 valence electrons. The van der Waals surface area contributed by atoms with E-state index in [0.29, 0.717) is 0 Å². The topological polar surface area (TPSA) is 36.9 Å². The molecule has 0 fully saturated rings. The normalized spacial score (nSPS) is 16.5. The minimum atomic E-state index is -2.45. The molecule has 0 saturated carbocycles. The van der Waals surface area contributed by atoms with Gasteiger partial charge in [-0.15, -0.1) is 0 Å². The van der Waals surface area contributed by atoms with Gasteiger partial charge in [-0.25, -0.2) is 0 Å². The van der Waals surface area contributed by atoms with Crippen LogP contribution in [-0.4, -0.2) is 45.6 Å². The van der Waals surface area contributed by atoms with E-state index in [1.54, 1.807) is 28.4 Å². The third kappa shape index (κ3) is 4.87. The van der Waals surface area contributed by atoms with Gasteiger partial charge in [-0.2, -0.15) is 0 Å². The van der Waals surface area contributed by atoms with Crippen molar-refractivity contribution in [3.05, 3.63) is 23.6 Å². The first kappa shape index (κ1) is 21.8. The van der Waals surface area contributed by atoms with Gasteiger partial charge >= 0.3 is 17.1 Å². The fraction of sp³-hybridized carbons (Fsp3) is 0.750. The Morgan fingerprint density at radius 2 is 0.955 bits per heavy atom. The Morgan fingerprint density at radius 1 is 0.682 bits per heavy atom. The molecule has 0 aliphatic carbocycles. The highest BCUT2D eigenvalue weighted by molar-refractivity contribution is 6.80. The predicted molar refractivity (Wildman–Crippen MR) is 97.3 cm³/mol. The van der Waals surface area contributed by atoms with E-state index in [9.17, 15) is 0 Å². The highest BCUT2D eigenvalue weighted by atomic mass is 28.4. The summed E-state index contributed by atoms with van der Waals surface area (Å²) in [4.78, 5) is 0. The second-order valence-corrected chi connectivity index (χ2v) is 12.5. The molecule has 6 heteroatoms. The molecule has 2 unspecified atom stereocenters. The SMILES string of the molecule is CCC=C[Si](OC)(OC)C(C)C(C)[Si](C=CCC)(OC)OC. The Bertz CT molecular complexity index is 316. The second-order valence-electron chi connectivity index (χ2n) is 5.46. The zero-order valence-corrected chi connectivity index (χ0v) is 17.5. The fourth-order valence-electron chi connectivity index (χ4n) is 2.75. The van der Waals surface area contributed by atoms with Gasteiger partial charge < -0.3 is 17.7 Å². The Morgan fingerprint density at radius 3 is 1.14 bits per heavy atom. The molecule has 0 aliphatic heterocycles. The Hall–Kier alpha value is -0.246. The van der Waals surface area contributed by atoms with Crippen molar-refractivity contribution in [1.29, 1.82) is 0 Å². The van der Waals surface area contributed by atoms with E-state index in [1.807, 2.05) is 0 Å². The van der Waals surface area contributed by atoms with Gasteiger partial charge in [-0.3, -0.25) is 0 Å². The van der Waals surface area contributed by atoms with Crippen LogP contribution in [0, 0.1) is 0 Å². The average molecular weight is 347 g/mol. The van der Waals surface area contributed by atoms with Crippen LogP contribution in [0.4, 0.5) is 0 Å². The van der Waals surface area contributed by atoms with Crippen molar-refractivity contribution >= 4 is 17.1 Å². The van der Waals surface area contributed by atoms with Crippen LogP contribution in [0.2, 0.25) is 11.1 Å². The summed E-state index contributed by atoms with van der Waals surface area (Å²) in [7, 11) is 2.05. The molecule has 22 heavy (non-hydrogen) atoms. The van der Waals surface area contributed by atoms with Crippen LogP contribution in [0.5, 0.6) is 0 Å². The minimum absolute atomic E-state index is 0.207. The summed E-state index contributed by atoms with van der Waals surface area (Å²) in [6.45, 7) is 8.60. The van der Waals surface area contributed by atoms with Gasteiger partial charge in [0.1, 0.15) is 0 Å². The summed E-state index contributed by atoms with van der Waals surface area (Å²) in [5.74, 6) is 0. The third-order valence-corrected chi connectivity index (χ3v) is 12.3. The van der Waals surface area contributed by atoms with E-state index in [4.69, 9.17) is 17.7 Å². The van der Waals surface area contributed by atoms with E-state index in [1.165, 1.54) is 0 Å². The van der Waals surface area contributed by atoms with Gasteiger partial charge in [0, 0.05) is 39.5 Å². The Balaban J connectivity index is 5.63. The molecule has 0 heterocycles. The maximum atomic E-state index is 5.88. The van der Waals surface area contributed by atoms with Crippen molar-refractivity contribution in [3.8, 4) is 0 Å². The van der Waals surface area contributed by atoms with Gasteiger partial charge in [0.2, 0.25) is 0 Å². The summed E-state index contributed by atoms with van der Waals surface area (Å²) in [5.41, 5.74) is 4.70. The van der Waals surface area contributed by atoms with Crippen molar-refractivity contribution in [2.75, 3.05) is 28.4 Å². The van der Waals surface area contributed by atoms with Crippen molar-refractivity contribution in [1.82, 2.24) is 0 Å². The van der Waals surface area contributed by atoms with E-state index >= 15 is 0 Å². The first-order chi connectivity index (χ1) is 10.4. The van der Waals surface area contributed by atoms with Crippen LogP contribution < -0.4 is 0 Å². The Kier molecular flexibility index (Phi) is 10.4. The summed E-state index contributed by atoms with van der Waals surface area (Å²) in [5, 5.41) is 0. The first-order valence-corrected chi connectivity index (χ1v) is 11.9. The largest absolute Gasteiger partial charge is 0.395 e. The average Bonchev–Trinajstić information content (AvgIpc) is 2.57. The fourth-order valence-corrected chi connectivity index (χ4v) is 9.64. The van der Waals surface area contributed by atoms with Gasteiger partial charge in [0.15, 0.2) is 0 Å². The van der Waals surface area contributed by atoms with E-state index in [0.717, 1.165) is 12.8 Å². The van der Waals surface area contributed by atoms with Crippen molar-refractivity contribution in [2.45, 2.75) is 51.6 Å². The van der Waals surface area contributed by atoms with Crippen molar-refractivity contribution in [3.63, 3.8) is 0 Å². The lowest BCUT2D eigenvalue weighted by atomic mass is 10.3. The minimum Gasteiger partial charge on any atom is -0.395 e. The van der Waals surface area contributed by atoms with E-state index < -0.39 is 17.1 Å². The number of allylic oxidation sites excluding steroid dienone is 2. The van der Waals surface area contributed by atoms with Gasteiger partial charge in [-0.05, 0) is 24.2 Å². The second kappa shape index (κ2) is 10.5. The standard InChI is InChI=1S/C16H34O4Si2/c1-9-11-13-21(17-5,18-6)15(3)16(4)22(19-7,20-8)14-12-10-2/h11-16H,9-10H2,1-8H3. The molecule has 0 aromatic carbocycles. The molecule has 4 nitrogen and oxygen atoms in total. The molecule has 0 N–H and O–H groups in total. The van der Waals surface area contributed by atoms with Crippen LogP contribution in [0.3, 0.4) is 0 Å². The Labute approximate surface area is 139 Å². The zero-order valence-electron chi connectivity index (χ0n) is 15.5. The maximum Gasteiger partial charge on any atom is 0.367 e. The van der Waals surface area contributed by atoms with Gasteiger partial charge in [0.25, 0.3) is 0 Å². The first-order valence-electron chi connectivity index (χ1n) is 7.99. The lowest BCUT2D eigenvalue weighted by molar-refractivity contribution is 0.220. The molecule has 0 spiro atoms. The smallest absolute Gasteiger partial charge is 0.367 e. The zero-order chi connectivity index (χ0) is 17.2. The highest BCUT2D eigenvalue weighted by Gasteiger charge is 2.51. The predicted octanol–water partition coefficient (Wildman–Crippen LogP) is 4.25. The van der Waals surface area contributed by atoms with E-state index in [-0.39, 0.29) is 11.1 Å². The van der Waals surface area contributed by atoms with Crippen LogP contribution >= 0.6 is 0 Å². The van der Waals surface area contributed by atoms with Crippen LogP contribution in [0.15, 0.2) is 23.6 Å². The number of rotatable bonds is 11. The monoisotopic (exact) mass is 346 g/mol. The summed E-state index contributed by atoms with van der Waals surface area (Å²) >= 11 is 0.